The van der Waals surface area contributed by atoms with Crippen molar-refractivity contribution in [3.05, 3.63) is 27.9 Å². The van der Waals surface area contributed by atoms with Gasteiger partial charge in [-0.1, -0.05) is 0 Å². The van der Waals surface area contributed by atoms with Crippen LogP contribution in [0.3, 0.4) is 0 Å². The van der Waals surface area contributed by atoms with Crippen molar-refractivity contribution in [3.8, 4) is 0 Å². The van der Waals surface area contributed by atoms with E-state index >= 15 is 0 Å². The minimum absolute atomic E-state index is 0.126. The van der Waals surface area contributed by atoms with Crippen LogP contribution in [0.5, 0.6) is 0 Å². The van der Waals surface area contributed by atoms with E-state index < -0.39 is 0 Å². The van der Waals surface area contributed by atoms with Crippen molar-refractivity contribution in [2.75, 3.05) is 19.3 Å². The number of hydrogen-bond acceptors (Lipinski definition) is 5. The highest BCUT2D eigenvalue weighted by Gasteiger charge is 2.08. The van der Waals surface area contributed by atoms with E-state index in [1.165, 1.54) is 17.8 Å². The average molecular weight is 242 g/mol. The maximum atomic E-state index is 11.5. The standard InChI is InChI=1S/C9H14N4O2S/c1-16-5-7-12-6(4-8(14)13-7)9(15)11-3-2-10/h4H,2-3,5,10H2,1H3,(H,11,15)(H,12,13,14). The summed E-state index contributed by atoms with van der Waals surface area (Å²) in [6.45, 7) is 0.720. The Morgan fingerprint density at radius 3 is 3.06 bits per heavy atom. The van der Waals surface area contributed by atoms with Crippen LogP contribution in [0.1, 0.15) is 16.3 Å². The number of hydrogen-bond donors (Lipinski definition) is 3. The Hall–Kier alpha value is -1.34. The van der Waals surface area contributed by atoms with Gasteiger partial charge in [-0.05, 0) is 6.26 Å². The second-order valence-corrected chi connectivity index (χ2v) is 3.92. The fourth-order valence-electron chi connectivity index (χ4n) is 1.11. The molecule has 16 heavy (non-hydrogen) atoms. The van der Waals surface area contributed by atoms with E-state index in [0.717, 1.165) is 0 Å². The predicted octanol–water partition coefficient (Wildman–Crippen LogP) is -0.679. The molecule has 0 fully saturated rings. The Bertz CT molecular complexity index is 418. The molecule has 0 aliphatic heterocycles. The number of nitrogens with zero attached hydrogens (tertiary/aromatic N) is 1. The minimum atomic E-state index is -0.376. The molecule has 0 bridgehead atoms. The van der Waals surface area contributed by atoms with Crippen LogP contribution < -0.4 is 16.6 Å². The first-order valence-corrected chi connectivity index (χ1v) is 6.14. The Labute approximate surface area is 97.0 Å². The number of aromatic amines is 1. The molecule has 0 unspecified atom stereocenters. The largest absolute Gasteiger partial charge is 0.349 e. The van der Waals surface area contributed by atoms with Crippen molar-refractivity contribution < 1.29 is 4.79 Å². The number of amides is 1. The number of carbonyl (C=O) groups is 1. The summed E-state index contributed by atoms with van der Waals surface area (Å²) in [7, 11) is 0. The lowest BCUT2D eigenvalue weighted by Gasteiger charge is -2.04. The highest BCUT2D eigenvalue weighted by molar-refractivity contribution is 7.97. The first-order chi connectivity index (χ1) is 7.67. The van der Waals surface area contributed by atoms with Crippen molar-refractivity contribution in [1.82, 2.24) is 15.3 Å². The fourth-order valence-corrected chi connectivity index (χ4v) is 1.52. The highest BCUT2D eigenvalue weighted by atomic mass is 32.2. The first kappa shape index (κ1) is 12.7. The number of aromatic nitrogens is 2. The zero-order valence-electron chi connectivity index (χ0n) is 8.95. The molecule has 7 heteroatoms. The Balaban J connectivity index is 2.86. The van der Waals surface area contributed by atoms with Gasteiger partial charge in [0.1, 0.15) is 11.5 Å². The van der Waals surface area contributed by atoms with Crippen LogP contribution in [-0.4, -0.2) is 35.2 Å². The number of rotatable bonds is 5. The van der Waals surface area contributed by atoms with Gasteiger partial charge in [-0.25, -0.2) is 4.98 Å². The van der Waals surface area contributed by atoms with E-state index in [4.69, 9.17) is 5.73 Å². The van der Waals surface area contributed by atoms with Crippen molar-refractivity contribution >= 4 is 17.7 Å². The molecule has 4 N–H and O–H groups in total. The fraction of sp³-hybridized carbons (Fsp3) is 0.444. The average Bonchev–Trinajstić information content (AvgIpc) is 2.25. The van der Waals surface area contributed by atoms with Crippen LogP contribution in [-0.2, 0) is 5.75 Å². The van der Waals surface area contributed by atoms with E-state index in [-0.39, 0.29) is 17.2 Å². The van der Waals surface area contributed by atoms with Crippen molar-refractivity contribution in [1.29, 1.82) is 0 Å². The number of carbonyl (C=O) groups excluding carboxylic acids is 1. The van der Waals surface area contributed by atoms with E-state index in [2.05, 4.69) is 15.3 Å². The second-order valence-electron chi connectivity index (χ2n) is 3.05. The molecule has 1 aromatic heterocycles. The van der Waals surface area contributed by atoms with E-state index in [0.29, 0.717) is 24.7 Å². The third kappa shape index (κ3) is 3.67. The van der Waals surface area contributed by atoms with Crippen molar-refractivity contribution in [3.63, 3.8) is 0 Å². The molecule has 1 aromatic rings. The molecule has 0 spiro atoms. The predicted molar refractivity (Wildman–Crippen MR) is 63.5 cm³/mol. The molecule has 0 aromatic carbocycles. The van der Waals surface area contributed by atoms with Gasteiger partial charge in [0.2, 0.25) is 0 Å². The van der Waals surface area contributed by atoms with Crippen LogP contribution in [0, 0.1) is 0 Å². The van der Waals surface area contributed by atoms with Crippen LogP contribution in [0.2, 0.25) is 0 Å². The molecular formula is C9H14N4O2S. The molecule has 0 saturated heterocycles. The third-order valence-corrected chi connectivity index (χ3v) is 2.30. The molecule has 0 saturated carbocycles. The van der Waals surface area contributed by atoms with Gasteiger partial charge < -0.3 is 16.0 Å². The summed E-state index contributed by atoms with van der Waals surface area (Å²) in [5.41, 5.74) is 5.06. The Morgan fingerprint density at radius 2 is 2.44 bits per heavy atom. The first-order valence-electron chi connectivity index (χ1n) is 4.75. The summed E-state index contributed by atoms with van der Waals surface area (Å²) >= 11 is 1.52. The molecule has 1 heterocycles. The number of thioether (sulfide) groups is 1. The summed E-state index contributed by atoms with van der Waals surface area (Å²) in [6, 6.07) is 1.18. The molecule has 0 atom stereocenters. The minimum Gasteiger partial charge on any atom is -0.349 e. The smallest absolute Gasteiger partial charge is 0.270 e. The summed E-state index contributed by atoms with van der Waals surface area (Å²) in [6.07, 6.45) is 1.89. The third-order valence-electron chi connectivity index (χ3n) is 1.73. The molecule has 88 valence electrons. The van der Waals surface area contributed by atoms with Crippen LogP contribution in [0.25, 0.3) is 0 Å². The van der Waals surface area contributed by atoms with Gasteiger partial charge in [0.15, 0.2) is 0 Å². The zero-order valence-corrected chi connectivity index (χ0v) is 9.76. The number of nitrogens with two attached hydrogens (primary N) is 1. The van der Waals surface area contributed by atoms with Gasteiger partial charge in [0.25, 0.3) is 11.5 Å². The zero-order chi connectivity index (χ0) is 12.0. The summed E-state index contributed by atoms with van der Waals surface area (Å²) in [5.74, 6) is 0.685. The summed E-state index contributed by atoms with van der Waals surface area (Å²) in [5, 5.41) is 2.56. The summed E-state index contributed by atoms with van der Waals surface area (Å²) in [4.78, 5) is 29.4. The van der Waals surface area contributed by atoms with Crippen LogP contribution in [0.4, 0.5) is 0 Å². The van der Waals surface area contributed by atoms with Crippen molar-refractivity contribution in [2.24, 2.45) is 5.73 Å². The molecular weight excluding hydrogens is 228 g/mol. The summed E-state index contributed by atoms with van der Waals surface area (Å²) < 4.78 is 0. The van der Waals surface area contributed by atoms with Gasteiger partial charge in [0.05, 0.1) is 5.75 Å². The van der Waals surface area contributed by atoms with E-state index in [9.17, 15) is 9.59 Å². The molecule has 0 aliphatic carbocycles. The quantitative estimate of drug-likeness (QED) is 0.635. The molecule has 1 amide bonds. The monoisotopic (exact) mass is 242 g/mol. The lowest BCUT2D eigenvalue weighted by atomic mass is 10.3. The van der Waals surface area contributed by atoms with Gasteiger partial charge in [-0.2, -0.15) is 11.8 Å². The molecule has 0 radical (unpaired) electrons. The maximum Gasteiger partial charge on any atom is 0.270 e. The van der Waals surface area contributed by atoms with Crippen LogP contribution in [0.15, 0.2) is 10.9 Å². The van der Waals surface area contributed by atoms with Gasteiger partial charge in [0, 0.05) is 19.2 Å². The number of nitrogens with one attached hydrogen (secondary N) is 2. The second kappa shape index (κ2) is 6.29. The SMILES string of the molecule is CSCc1nc(C(=O)NCCN)cc(=O)[nH]1. The Kier molecular flexibility index (Phi) is 5.00. The van der Waals surface area contributed by atoms with Gasteiger partial charge in [-0.15, -0.1) is 0 Å². The lowest BCUT2D eigenvalue weighted by Crippen LogP contribution is -2.31. The molecule has 6 nitrogen and oxygen atoms in total. The van der Waals surface area contributed by atoms with Crippen molar-refractivity contribution in [2.45, 2.75) is 5.75 Å². The number of H-pyrrole nitrogens is 1. The topological polar surface area (TPSA) is 101 Å². The normalized spacial score (nSPS) is 10.1. The van der Waals surface area contributed by atoms with Gasteiger partial charge in [-0.3, -0.25) is 9.59 Å². The van der Waals surface area contributed by atoms with Gasteiger partial charge >= 0.3 is 0 Å². The Morgan fingerprint density at radius 1 is 1.69 bits per heavy atom. The van der Waals surface area contributed by atoms with Crippen LogP contribution >= 0.6 is 11.8 Å². The lowest BCUT2D eigenvalue weighted by molar-refractivity contribution is 0.0949. The highest BCUT2D eigenvalue weighted by Crippen LogP contribution is 2.02. The molecule has 0 aliphatic rings. The molecule has 1 rings (SSSR count). The maximum absolute atomic E-state index is 11.5. The van der Waals surface area contributed by atoms with E-state index in [1.807, 2.05) is 6.26 Å². The van der Waals surface area contributed by atoms with E-state index in [1.54, 1.807) is 0 Å².